The molecule has 19 heavy (non-hydrogen) atoms. The van der Waals surface area contributed by atoms with Crippen LogP contribution in [0.5, 0.6) is 11.5 Å². The highest BCUT2D eigenvalue weighted by Crippen LogP contribution is 2.39. The maximum absolute atomic E-state index is 10.1. The summed E-state index contributed by atoms with van der Waals surface area (Å²) in [6, 6.07) is 5.17. The van der Waals surface area contributed by atoms with Gasteiger partial charge in [0, 0.05) is 5.56 Å². The fourth-order valence-corrected chi connectivity index (χ4v) is 2.11. The second kappa shape index (κ2) is 6.98. The number of hydrogen-bond acceptors (Lipinski definition) is 4. The molecule has 0 aromatic heterocycles. The van der Waals surface area contributed by atoms with Crippen LogP contribution < -0.4 is 15.2 Å². The molecule has 1 aliphatic heterocycles. The molecule has 0 spiro atoms. The van der Waals surface area contributed by atoms with Crippen LogP contribution in [-0.2, 0) is 0 Å². The molecule has 0 amide bonds. The number of hydrogen-bond donors (Lipinski definition) is 2. The molecule has 1 aliphatic rings. The van der Waals surface area contributed by atoms with Gasteiger partial charge in [-0.2, -0.15) is 0 Å². The summed E-state index contributed by atoms with van der Waals surface area (Å²) in [5, 5.41) is 10.1. The van der Waals surface area contributed by atoms with Crippen molar-refractivity contribution >= 4 is 12.4 Å². The highest BCUT2D eigenvalue weighted by Gasteiger charge is 2.25. The van der Waals surface area contributed by atoms with Gasteiger partial charge in [0.25, 0.3) is 0 Å². The molecule has 0 saturated carbocycles. The van der Waals surface area contributed by atoms with Gasteiger partial charge in [0.05, 0.1) is 12.1 Å². The van der Waals surface area contributed by atoms with Gasteiger partial charge in [-0.3, -0.25) is 0 Å². The van der Waals surface area contributed by atoms with Crippen molar-refractivity contribution in [3.8, 4) is 11.5 Å². The Morgan fingerprint density at radius 1 is 1.26 bits per heavy atom. The lowest BCUT2D eigenvalue weighted by Gasteiger charge is -2.21. The summed E-state index contributed by atoms with van der Waals surface area (Å²) >= 11 is 0. The number of fused-ring (bicyclic) bond motifs is 1. The molecule has 0 aliphatic carbocycles. The minimum Gasteiger partial charge on any atom is -0.454 e. The molecule has 0 bridgehead atoms. The van der Waals surface area contributed by atoms with Crippen LogP contribution in [0.4, 0.5) is 0 Å². The molecule has 3 N–H and O–H groups in total. The van der Waals surface area contributed by atoms with E-state index in [1.165, 1.54) is 0 Å². The van der Waals surface area contributed by atoms with Crippen molar-refractivity contribution in [3.05, 3.63) is 23.8 Å². The number of benzene rings is 1. The van der Waals surface area contributed by atoms with E-state index < -0.39 is 12.1 Å². The zero-order chi connectivity index (χ0) is 13.1. The first-order valence-corrected chi connectivity index (χ1v) is 6.41. The Kier molecular flexibility index (Phi) is 5.91. The summed E-state index contributed by atoms with van der Waals surface area (Å²) in [7, 11) is 0. The molecule has 0 radical (unpaired) electrons. The third kappa shape index (κ3) is 3.75. The highest BCUT2D eigenvalue weighted by molar-refractivity contribution is 5.85. The summed E-state index contributed by atoms with van der Waals surface area (Å²) in [5.74, 6) is 1.94. The van der Waals surface area contributed by atoms with Crippen molar-refractivity contribution in [2.75, 3.05) is 6.79 Å². The van der Waals surface area contributed by atoms with Gasteiger partial charge in [-0.25, -0.2) is 0 Å². The number of halogens is 1. The molecule has 0 saturated heterocycles. The fourth-order valence-electron chi connectivity index (χ4n) is 2.11. The van der Waals surface area contributed by atoms with Crippen molar-refractivity contribution in [2.24, 2.45) is 11.7 Å². The summed E-state index contributed by atoms with van der Waals surface area (Å²) in [6.07, 6.45) is 1.10. The van der Waals surface area contributed by atoms with Crippen LogP contribution in [0.15, 0.2) is 18.2 Å². The van der Waals surface area contributed by atoms with Gasteiger partial charge in [-0.1, -0.05) is 26.0 Å². The van der Waals surface area contributed by atoms with Gasteiger partial charge in [0.15, 0.2) is 11.5 Å². The van der Waals surface area contributed by atoms with E-state index >= 15 is 0 Å². The Labute approximate surface area is 120 Å². The summed E-state index contributed by atoms with van der Waals surface area (Å²) in [6.45, 7) is 4.49. The Hall–Kier alpha value is -0.970. The van der Waals surface area contributed by atoms with Crippen molar-refractivity contribution < 1.29 is 14.6 Å². The number of para-hydroxylation sites is 1. The van der Waals surface area contributed by atoms with Gasteiger partial charge in [-0.15, -0.1) is 12.4 Å². The van der Waals surface area contributed by atoms with Crippen LogP contribution in [-0.4, -0.2) is 18.0 Å². The van der Waals surface area contributed by atoms with Gasteiger partial charge in [0.2, 0.25) is 6.79 Å². The Balaban J connectivity index is 0.00000180. The molecule has 2 atom stereocenters. The number of nitrogens with two attached hydrogens (primary N) is 1. The fraction of sp³-hybridized carbons (Fsp3) is 0.571. The third-order valence-corrected chi connectivity index (χ3v) is 3.24. The Morgan fingerprint density at radius 2 is 2.00 bits per heavy atom. The topological polar surface area (TPSA) is 64.7 Å². The average Bonchev–Trinajstić information content (AvgIpc) is 2.82. The Bertz CT molecular complexity index is 412. The first-order valence-electron chi connectivity index (χ1n) is 6.41. The predicted octanol–water partition coefficient (Wildman–Crippen LogP) is 2.63. The highest BCUT2D eigenvalue weighted by atomic mass is 35.5. The van der Waals surface area contributed by atoms with E-state index in [2.05, 4.69) is 13.8 Å². The van der Waals surface area contributed by atoms with E-state index in [0.717, 1.165) is 12.0 Å². The summed E-state index contributed by atoms with van der Waals surface area (Å²) in [5.41, 5.74) is 6.93. The lowest BCUT2D eigenvalue weighted by atomic mass is 9.95. The molecule has 0 unspecified atom stereocenters. The lowest BCUT2D eigenvalue weighted by Crippen LogP contribution is -2.26. The maximum atomic E-state index is 10.1. The molecule has 4 nitrogen and oxygen atoms in total. The quantitative estimate of drug-likeness (QED) is 0.874. The summed E-state index contributed by atoms with van der Waals surface area (Å²) in [4.78, 5) is 0. The predicted molar refractivity (Wildman–Crippen MR) is 76.8 cm³/mol. The Morgan fingerprint density at radius 3 is 2.68 bits per heavy atom. The second-order valence-electron chi connectivity index (χ2n) is 5.15. The van der Waals surface area contributed by atoms with Gasteiger partial charge in [-0.05, 0) is 24.8 Å². The van der Waals surface area contributed by atoms with Crippen LogP contribution in [0.1, 0.15) is 38.3 Å². The number of ether oxygens (including phenoxy) is 2. The minimum atomic E-state index is -0.553. The van der Waals surface area contributed by atoms with E-state index in [-0.39, 0.29) is 19.2 Å². The standard InChI is InChI=1S/C14H21NO3.ClH/c1-9(2)6-7-11(16)13(15)10-4-3-5-12-14(10)18-8-17-12;/h3-5,9,11,13,16H,6-8,15H2,1-2H3;1H/t11-,13+;/m0./s1. The normalized spacial score (nSPS) is 16.1. The van der Waals surface area contributed by atoms with Gasteiger partial charge < -0.3 is 20.3 Å². The zero-order valence-electron chi connectivity index (χ0n) is 11.3. The van der Waals surface area contributed by atoms with Gasteiger partial charge in [0.1, 0.15) is 0 Å². The van der Waals surface area contributed by atoms with Gasteiger partial charge >= 0.3 is 0 Å². The van der Waals surface area contributed by atoms with Crippen molar-refractivity contribution in [1.82, 2.24) is 0 Å². The number of aliphatic hydroxyl groups excluding tert-OH is 1. The molecule has 5 heteroatoms. The largest absolute Gasteiger partial charge is 0.454 e. The smallest absolute Gasteiger partial charge is 0.231 e. The molecule has 0 fully saturated rings. The van der Waals surface area contributed by atoms with E-state index in [1.54, 1.807) is 0 Å². The molecular weight excluding hydrogens is 266 g/mol. The molecular formula is C14H22ClNO3. The van der Waals surface area contributed by atoms with Crippen LogP contribution in [0, 0.1) is 5.92 Å². The van der Waals surface area contributed by atoms with Crippen LogP contribution >= 0.6 is 12.4 Å². The summed E-state index contributed by atoms with van der Waals surface area (Å²) < 4.78 is 10.7. The molecule has 1 aromatic rings. The van der Waals surface area contributed by atoms with E-state index in [4.69, 9.17) is 15.2 Å². The molecule has 108 valence electrons. The molecule has 1 aromatic carbocycles. The minimum absolute atomic E-state index is 0. The van der Waals surface area contributed by atoms with E-state index in [1.807, 2.05) is 18.2 Å². The lowest BCUT2D eigenvalue weighted by molar-refractivity contribution is 0.125. The van der Waals surface area contributed by atoms with E-state index in [0.29, 0.717) is 23.8 Å². The first-order chi connectivity index (χ1) is 8.59. The molecule has 1 heterocycles. The zero-order valence-corrected chi connectivity index (χ0v) is 12.2. The molecule has 2 rings (SSSR count). The van der Waals surface area contributed by atoms with Crippen molar-refractivity contribution in [2.45, 2.75) is 38.8 Å². The van der Waals surface area contributed by atoms with Crippen molar-refractivity contribution in [1.29, 1.82) is 0 Å². The van der Waals surface area contributed by atoms with Crippen LogP contribution in [0.25, 0.3) is 0 Å². The van der Waals surface area contributed by atoms with Crippen LogP contribution in [0.3, 0.4) is 0 Å². The van der Waals surface area contributed by atoms with Crippen LogP contribution in [0.2, 0.25) is 0 Å². The number of aliphatic hydroxyl groups is 1. The SMILES string of the molecule is CC(C)CC[C@H](O)[C@H](N)c1cccc2c1OCO2.Cl. The second-order valence-corrected chi connectivity index (χ2v) is 5.15. The maximum Gasteiger partial charge on any atom is 0.231 e. The monoisotopic (exact) mass is 287 g/mol. The third-order valence-electron chi connectivity index (χ3n) is 3.24. The van der Waals surface area contributed by atoms with E-state index in [9.17, 15) is 5.11 Å². The van der Waals surface area contributed by atoms with Crippen molar-refractivity contribution in [3.63, 3.8) is 0 Å². The average molecular weight is 288 g/mol. The number of rotatable bonds is 5. The first kappa shape index (κ1) is 16.1.